The Balaban J connectivity index is 2.01. The molecule has 1 saturated heterocycles. The second kappa shape index (κ2) is 8.00. The maximum Gasteiger partial charge on any atom is 0.241 e. The summed E-state index contributed by atoms with van der Waals surface area (Å²) in [6.07, 6.45) is 3.12. The summed E-state index contributed by atoms with van der Waals surface area (Å²) in [5.41, 5.74) is 1.81. The maximum atomic E-state index is 12.3. The summed E-state index contributed by atoms with van der Waals surface area (Å²) in [4.78, 5) is 12.3. The molecule has 1 fully saturated rings. The number of hydrogen-bond donors (Lipinski definition) is 2. The van der Waals surface area contributed by atoms with Gasteiger partial charge in [0.15, 0.2) is 0 Å². The normalized spacial score (nSPS) is 18.3. The van der Waals surface area contributed by atoms with Gasteiger partial charge in [-0.1, -0.05) is 12.5 Å². The van der Waals surface area contributed by atoms with Crippen LogP contribution >= 0.6 is 0 Å². The summed E-state index contributed by atoms with van der Waals surface area (Å²) in [6, 6.07) is 5.68. The van der Waals surface area contributed by atoms with Crippen LogP contribution in [-0.4, -0.2) is 38.8 Å². The van der Waals surface area contributed by atoms with E-state index < -0.39 is 0 Å². The molecule has 5 heteroatoms. The van der Waals surface area contributed by atoms with E-state index in [1.54, 1.807) is 7.11 Å². The molecule has 0 spiro atoms. The minimum Gasteiger partial charge on any atom is -0.489 e. The molecule has 0 saturated carbocycles. The lowest BCUT2D eigenvalue weighted by atomic mass is 10.0. The average molecular weight is 292 g/mol. The second-order valence-electron chi connectivity index (χ2n) is 5.33. The number of ether oxygens (including phenoxy) is 2. The van der Waals surface area contributed by atoms with Crippen molar-refractivity contribution in [2.24, 2.45) is 0 Å². The number of benzene rings is 1. The Hall–Kier alpha value is -1.59. The van der Waals surface area contributed by atoms with E-state index >= 15 is 0 Å². The minimum absolute atomic E-state index is 0.00939. The van der Waals surface area contributed by atoms with E-state index in [1.165, 1.54) is 0 Å². The van der Waals surface area contributed by atoms with Crippen molar-refractivity contribution < 1.29 is 14.3 Å². The summed E-state index contributed by atoms with van der Waals surface area (Å²) < 4.78 is 10.7. The number of nitrogens with one attached hydrogen (secondary N) is 2. The topological polar surface area (TPSA) is 59.6 Å². The summed E-state index contributed by atoms with van der Waals surface area (Å²) in [6.45, 7) is 3.89. The number of carbonyl (C=O) groups is 1. The SMILES string of the molecule is COCCOc1cc(C)ccc1NC(=O)[C@H]1CCCCN1. The fourth-order valence-electron chi connectivity index (χ4n) is 2.38. The number of rotatable bonds is 6. The number of methoxy groups -OCH3 is 1. The zero-order valence-electron chi connectivity index (χ0n) is 12.8. The van der Waals surface area contributed by atoms with E-state index in [-0.39, 0.29) is 11.9 Å². The fourth-order valence-corrected chi connectivity index (χ4v) is 2.38. The number of aryl methyl sites for hydroxylation is 1. The Morgan fingerprint density at radius 2 is 2.24 bits per heavy atom. The van der Waals surface area contributed by atoms with Crippen LogP contribution in [0, 0.1) is 6.92 Å². The minimum atomic E-state index is -0.105. The first-order valence-electron chi connectivity index (χ1n) is 7.47. The molecule has 21 heavy (non-hydrogen) atoms. The highest BCUT2D eigenvalue weighted by molar-refractivity contribution is 5.96. The highest BCUT2D eigenvalue weighted by atomic mass is 16.5. The van der Waals surface area contributed by atoms with Crippen LogP contribution in [0.15, 0.2) is 18.2 Å². The van der Waals surface area contributed by atoms with Gasteiger partial charge in [-0.25, -0.2) is 0 Å². The Kier molecular flexibility index (Phi) is 6.02. The van der Waals surface area contributed by atoms with E-state index in [0.717, 1.165) is 31.4 Å². The van der Waals surface area contributed by atoms with Crippen LogP contribution in [0.1, 0.15) is 24.8 Å². The number of piperidine rings is 1. The third-order valence-corrected chi connectivity index (χ3v) is 3.57. The summed E-state index contributed by atoms with van der Waals surface area (Å²) >= 11 is 0. The van der Waals surface area contributed by atoms with E-state index in [4.69, 9.17) is 9.47 Å². The van der Waals surface area contributed by atoms with E-state index in [0.29, 0.717) is 24.7 Å². The monoisotopic (exact) mass is 292 g/mol. The van der Waals surface area contributed by atoms with Crippen LogP contribution in [0.2, 0.25) is 0 Å². The van der Waals surface area contributed by atoms with Gasteiger partial charge in [0, 0.05) is 7.11 Å². The van der Waals surface area contributed by atoms with Crippen molar-refractivity contribution in [3.8, 4) is 5.75 Å². The van der Waals surface area contributed by atoms with E-state index in [2.05, 4.69) is 10.6 Å². The number of amides is 1. The van der Waals surface area contributed by atoms with Gasteiger partial charge in [-0.2, -0.15) is 0 Å². The van der Waals surface area contributed by atoms with Crippen molar-refractivity contribution in [1.82, 2.24) is 5.32 Å². The predicted molar refractivity (Wildman–Crippen MR) is 82.8 cm³/mol. The van der Waals surface area contributed by atoms with Crippen LogP contribution < -0.4 is 15.4 Å². The van der Waals surface area contributed by atoms with Crippen LogP contribution in [-0.2, 0) is 9.53 Å². The van der Waals surface area contributed by atoms with Gasteiger partial charge in [0.2, 0.25) is 5.91 Å². The predicted octanol–water partition coefficient (Wildman–Crippen LogP) is 2.10. The molecule has 0 bridgehead atoms. The molecule has 0 radical (unpaired) electrons. The molecule has 2 N–H and O–H groups in total. The van der Waals surface area contributed by atoms with E-state index in [1.807, 2.05) is 25.1 Å². The summed E-state index contributed by atoms with van der Waals surface area (Å²) in [7, 11) is 1.64. The molecule has 0 unspecified atom stereocenters. The number of carbonyl (C=O) groups excluding carboxylic acids is 1. The van der Waals surface area contributed by atoms with Gasteiger partial charge >= 0.3 is 0 Å². The number of hydrogen-bond acceptors (Lipinski definition) is 4. The van der Waals surface area contributed by atoms with Crippen LogP contribution in [0.5, 0.6) is 5.75 Å². The molecule has 2 rings (SSSR count). The van der Waals surface area contributed by atoms with E-state index in [9.17, 15) is 4.79 Å². The largest absolute Gasteiger partial charge is 0.489 e. The molecule has 0 aliphatic carbocycles. The van der Waals surface area contributed by atoms with Gasteiger partial charge in [0.25, 0.3) is 0 Å². The van der Waals surface area contributed by atoms with Crippen molar-refractivity contribution in [2.45, 2.75) is 32.2 Å². The molecule has 0 aromatic heterocycles. The molecule has 1 aromatic carbocycles. The molecule has 1 amide bonds. The highest BCUT2D eigenvalue weighted by Gasteiger charge is 2.21. The Labute approximate surface area is 126 Å². The Bertz CT molecular complexity index is 471. The van der Waals surface area contributed by atoms with Gasteiger partial charge in [0.05, 0.1) is 18.3 Å². The molecule has 1 aliphatic heterocycles. The lowest BCUT2D eigenvalue weighted by molar-refractivity contribution is -0.118. The van der Waals surface area contributed by atoms with Crippen LogP contribution in [0.4, 0.5) is 5.69 Å². The summed E-state index contributed by atoms with van der Waals surface area (Å²) in [5.74, 6) is 0.700. The molecule has 116 valence electrons. The first kappa shape index (κ1) is 15.8. The first-order chi connectivity index (χ1) is 10.2. The van der Waals surface area contributed by atoms with Crippen LogP contribution in [0.3, 0.4) is 0 Å². The first-order valence-corrected chi connectivity index (χ1v) is 7.47. The maximum absolute atomic E-state index is 12.3. The lowest BCUT2D eigenvalue weighted by Crippen LogP contribution is -2.43. The van der Waals surface area contributed by atoms with Gasteiger partial charge in [-0.15, -0.1) is 0 Å². The molecule has 1 aromatic rings. The number of anilines is 1. The molecule has 1 heterocycles. The van der Waals surface area contributed by atoms with Crippen molar-refractivity contribution in [2.75, 3.05) is 32.2 Å². The van der Waals surface area contributed by atoms with Gasteiger partial charge in [-0.3, -0.25) is 4.79 Å². The van der Waals surface area contributed by atoms with Crippen LogP contribution in [0.25, 0.3) is 0 Å². The zero-order valence-corrected chi connectivity index (χ0v) is 12.8. The van der Waals surface area contributed by atoms with Crippen molar-refractivity contribution >= 4 is 11.6 Å². The average Bonchev–Trinajstić information content (AvgIpc) is 2.51. The molecular formula is C16H24N2O3. The molecule has 5 nitrogen and oxygen atoms in total. The van der Waals surface area contributed by atoms with Gasteiger partial charge < -0.3 is 20.1 Å². The Morgan fingerprint density at radius 3 is 2.95 bits per heavy atom. The fraction of sp³-hybridized carbons (Fsp3) is 0.562. The molecule has 1 aliphatic rings. The standard InChI is InChI=1S/C16H24N2O3/c1-12-6-7-13(15(11-12)21-10-9-20-2)18-16(19)14-5-3-4-8-17-14/h6-7,11,14,17H,3-5,8-10H2,1-2H3,(H,18,19)/t14-/m1/s1. The second-order valence-corrected chi connectivity index (χ2v) is 5.33. The Morgan fingerprint density at radius 1 is 1.38 bits per heavy atom. The third-order valence-electron chi connectivity index (χ3n) is 3.57. The van der Waals surface area contributed by atoms with Crippen molar-refractivity contribution in [1.29, 1.82) is 0 Å². The van der Waals surface area contributed by atoms with Crippen molar-refractivity contribution in [3.63, 3.8) is 0 Å². The van der Waals surface area contributed by atoms with Gasteiger partial charge in [-0.05, 0) is 44.0 Å². The highest BCUT2D eigenvalue weighted by Crippen LogP contribution is 2.26. The quantitative estimate of drug-likeness (QED) is 0.788. The third kappa shape index (κ3) is 4.72. The van der Waals surface area contributed by atoms with Crippen molar-refractivity contribution in [3.05, 3.63) is 23.8 Å². The molecule has 1 atom stereocenters. The summed E-state index contributed by atoms with van der Waals surface area (Å²) in [5, 5.41) is 6.22. The smallest absolute Gasteiger partial charge is 0.241 e. The molecular weight excluding hydrogens is 268 g/mol. The van der Waals surface area contributed by atoms with Gasteiger partial charge in [0.1, 0.15) is 12.4 Å². The zero-order chi connectivity index (χ0) is 15.1. The lowest BCUT2D eigenvalue weighted by Gasteiger charge is -2.23.